The van der Waals surface area contributed by atoms with Gasteiger partial charge in [0.15, 0.2) is 5.78 Å². The average molecular weight is 473 g/mol. The molecule has 0 radical (unpaired) electrons. The zero-order valence-corrected chi connectivity index (χ0v) is 19.6. The van der Waals surface area contributed by atoms with Crippen LogP contribution in [0, 0.1) is 11.3 Å². The van der Waals surface area contributed by atoms with Crippen molar-refractivity contribution in [3.05, 3.63) is 119 Å². The zero-order valence-electron chi connectivity index (χ0n) is 19.6. The number of carbonyl (C=O) groups is 2. The Morgan fingerprint density at radius 3 is 2.28 bits per heavy atom. The summed E-state index contributed by atoms with van der Waals surface area (Å²) in [6, 6.07) is 28.9. The van der Waals surface area contributed by atoms with Gasteiger partial charge in [-0.25, -0.2) is 0 Å². The van der Waals surface area contributed by atoms with Gasteiger partial charge in [-0.2, -0.15) is 5.26 Å². The lowest BCUT2D eigenvalue weighted by Crippen LogP contribution is -2.52. The molecule has 6 heteroatoms. The molecule has 2 heterocycles. The molecule has 3 aromatic carbocycles. The van der Waals surface area contributed by atoms with Crippen LogP contribution < -0.4 is 15.5 Å². The molecular weight excluding hydrogens is 448 g/mol. The van der Waals surface area contributed by atoms with E-state index >= 15 is 0 Å². The minimum atomic E-state index is -1.55. The Balaban J connectivity index is 1.65. The highest BCUT2D eigenvalue weighted by molar-refractivity contribution is 6.20. The van der Waals surface area contributed by atoms with Crippen molar-refractivity contribution in [3.63, 3.8) is 0 Å². The van der Waals surface area contributed by atoms with Gasteiger partial charge in [-0.05, 0) is 36.6 Å². The van der Waals surface area contributed by atoms with Gasteiger partial charge in [0.25, 0.3) is 0 Å². The topological polar surface area (TPSA) is 90.4 Å². The van der Waals surface area contributed by atoms with Crippen LogP contribution in [-0.2, 0) is 21.5 Å². The number of amides is 1. The number of allylic oxidation sites excluding steroid dienone is 1. The summed E-state index contributed by atoms with van der Waals surface area (Å²) in [6.45, 7) is 0.330. The summed E-state index contributed by atoms with van der Waals surface area (Å²) in [6.07, 6.45) is 1.58. The van der Waals surface area contributed by atoms with Gasteiger partial charge in [0, 0.05) is 34.6 Å². The van der Waals surface area contributed by atoms with Crippen molar-refractivity contribution in [1.82, 2.24) is 0 Å². The Labute approximate surface area is 209 Å². The van der Waals surface area contributed by atoms with Crippen molar-refractivity contribution >= 4 is 23.1 Å². The SMILES string of the molecule is N#CC1=C(N)N(c2ccccc2)C2=C(C(=O)CCC2)C12C(=O)N(Cc1ccccc1)c1ccccc12. The summed E-state index contributed by atoms with van der Waals surface area (Å²) in [7, 11) is 0. The first kappa shape index (κ1) is 21.9. The largest absolute Gasteiger partial charge is 0.384 e. The number of anilines is 2. The second-order valence-electron chi connectivity index (χ2n) is 9.29. The molecule has 1 amide bonds. The third kappa shape index (κ3) is 2.89. The predicted molar refractivity (Wildman–Crippen MR) is 137 cm³/mol. The van der Waals surface area contributed by atoms with E-state index < -0.39 is 5.41 Å². The van der Waals surface area contributed by atoms with Crippen LogP contribution in [0.5, 0.6) is 0 Å². The van der Waals surface area contributed by atoms with Crippen molar-refractivity contribution in [1.29, 1.82) is 5.26 Å². The number of hydrogen-bond donors (Lipinski definition) is 1. The Morgan fingerprint density at radius 2 is 1.56 bits per heavy atom. The lowest BCUT2D eigenvalue weighted by molar-refractivity contribution is -0.124. The second kappa shape index (κ2) is 8.24. The summed E-state index contributed by atoms with van der Waals surface area (Å²) in [5.74, 6) is -0.216. The number of hydrogen-bond acceptors (Lipinski definition) is 5. The van der Waals surface area contributed by atoms with E-state index in [4.69, 9.17) is 5.73 Å². The van der Waals surface area contributed by atoms with E-state index in [-0.39, 0.29) is 23.1 Å². The van der Waals surface area contributed by atoms with Gasteiger partial charge in [0.05, 0.1) is 12.1 Å². The fourth-order valence-electron chi connectivity index (χ4n) is 5.92. The Hall–Kier alpha value is -4.63. The van der Waals surface area contributed by atoms with Crippen molar-refractivity contribution < 1.29 is 9.59 Å². The first-order chi connectivity index (χ1) is 17.6. The van der Waals surface area contributed by atoms with Gasteiger partial charge in [-0.1, -0.05) is 66.7 Å². The van der Waals surface area contributed by atoms with E-state index in [1.54, 1.807) is 9.80 Å². The van der Waals surface area contributed by atoms with Gasteiger partial charge in [0.2, 0.25) is 5.91 Å². The van der Waals surface area contributed by atoms with E-state index in [9.17, 15) is 14.9 Å². The number of nitrogens with zero attached hydrogens (tertiary/aromatic N) is 3. The minimum Gasteiger partial charge on any atom is -0.384 e. The molecule has 0 saturated heterocycles. The van der Waals surface area contributed by atoms with E-state index in [1.807, 2.05) is 84.9 Å². The molecule has 0 saturated carbocycles. The Bertz CT molecular complexity index is 1500. The highest BCUT2D eigenvalue weighted by Gasteiger charge is 2.62. The number of rotatable bonds is 3. The molecular formula is C30H24N4O2. The molecule has 6 rings (SSSR count). The molecule has 6 nitrogen and oxygen atoms in total. The number of ketones is 1. The van der Waals surface area contributed by atoms with Gasteiger partial charge >= 0.3 is 0 Å². The van der Waals surface area contributed by atoms with Crippen molar-refractivity contribution in [3.8, 4) is 6.07 Å². The van der Waals surface area contributed by atoms with Gasteiger partial charge < -0.3 is 10.6 Å². The number of benzene rings is 3. The predicted octanol–water partition coefficient (Wildman–Crippen LogP) is 4.69. The fraction of sp³-hybridized carbons (Fsp3) is 0.167. The Morgan fingerprint density at radius 1 is 0.889 bits per heavy atom. The molecule has 0 fully saturated rings. The molecule has 0 aromatic heterocycles. The van der Waals surface area contributed by atoms with Crippen LogP contribution in [0.4, 0.5) is 11.4 Å². The summed E-state index contributed by atoms with van der Waals surface area (Å²) < 4.78 is 0. The summed E-state index contributed by atoms with van der Waals surface area (Å²) in [5.41, 5.74) is 9.46. The number of nitriles is 1. The van der Waals surface area contributed by atoms with Crippen LogP contribution in [-0.4, -0.2) is 11.7 Å². The standard InChI is InChI=1S/C30H24N4O2/c31-18-23-28(32)34(21-12-5-2-6-13-21)25-16-9-17-26(35)27(25)30(23)22-14-7-8-15-24(22)33(29(30)36)19-20-10-3-1-4-11-20/h1-8,10-15H,9,16-17,19,32H2. The van der Waals surface area contributed by atoms with Crippen molar-refractivity contribution in [2.75, 3.05) is 9.80 Å². The summed E-state index contributed by atoms with van der Waals surface area (Å²) >= 11 is 0. The molecule has 2 aliphatic heterocycles. The maximum absolute atomic E-state index is 14.6. The lowest BCUT2D eigenvalue weighted by Gasteiger charge is -2.43. The first-order valence-corrected chi connectivity index (χ1v) is 12.1. The normalized spacial score (nSPS) is 21.1. The van der Waals surface area contributed by atoms with Crippen LogP contribution in [0.1, 0.15) is 30.4 Å². The highest BCUT2D eigenvalue weighted by Crippen LogP contribution is 2.57. The molecule has 2 N–H and O–H groups in total. The summed E-state index contributed by atoms with van der Waals surface area (Å²) in [5, 5.41) is 10.5. The zero-order chi connectivity index (χ0) is 24.9. The maximum atomic E-state index is 14.6. The van der Waals surface area contributed by atoms with Crippen molar-refractivity contribution in [2.45, 2.75) is 31.2 Å². The molecule has 1 spiro atoms. The molecule has 3 aromatic rings. The van der Waals surface area contributed by atoms with Crippen LogP contribution in [0.3, 0.4) is 0 Å². The van der Waals surface area contributed by atoms with E-state index in [2.05, 4.69) is 6.07 Å². The molecule has 1 atom stereocenters. The maximum Gasteiger partial charge on any atom is 0.248 e. The number of fused-ring (bicyclic) bond motifs is 3. The van der Waals surface area contributed by atoms with Gasteiger partial charge in [-0.15, -0.1) is 0 Å². The van der Waals surface area contributed by atoms with Crippen LogP contribution in [0.25, 0.3) is 0 Å². The molecule has 36 heavy (non-hydrogen) atoms. The third-order valence-corrected chi connectivity index (χ3v) is 7.38. The summed E-state index contributed by atoms with van der Waals surface area (Å²) in [4.78, 5) is 31.8. The van der Waals surface area contributed by atoms with Gasteiger partial charge in [0.1, 0.15) is 17.3 Å². The smallest absolute Gasteiger partial charge is 0.248 e. The molecule has 176 valence electrons. The Kier molecular flexibility index (Phi) is 5.01. The quantitative estimate of drug-likeness (QED) is 0.597. The van der Waals surface area contributed by atoms with Crippen molar-refractivity contribution in [2.24, 2.45) is 5.73 Å². The molecule has 3 aliphatic rings. The number of para-hydroxylation sites is 2. The van der Waals surface area contributed by atoms with Gasteiger partial charge in [-0.3, -0.25) is 14.5 Å². The van der Waals surface area contributed by atoms with Crippen LogP contribution in [0.15, 0.2) is 108 Å². The number of nitrogens with two attached hydrogens (primary N) is 1. The average Bonchev–Trinajstić information content (AvgIpc) is 3.14. The second-order valence-corrected chi connectivity index (χ2v) is 9.29. The minimum absolute atomic E-state index is 0.105. The fourth-order valence-corrected chi connectivity index (χ4v) is 5.92. The highest BCUT2D eigenvalue weighted by atomic mass is 16.2. The number of Topliss-reactive ketones (excluding diaryl/α,β-unsaturated/α-hetero) is 1. The molecule has 0 bridgehead atoms. The molecule has 1 aliphatic carbocycles. The van der Waals surface area contributed by atoms with E-state index in [1.165, 1.54) is 0 Å². The lowest BCUT2D eigenvalue weighted by atomic mass is 9.64. The van der Waals surface area contributed by atoms with E-state index in [0.717, 1.165) is 11.3 Å². The number of carbonyl (C=O) groups excluding carboxylic acids is 2. The first-order valence-electron chi connectivity index (χ1n) is 12.1. The van der Waals surface area contributed by atoms with Crippen LogP contribution in [0.2, 0.25) is 0 Å². The third-order valence-electron chi connectivity index (χ3n) is 7.38. The van der Waals surface area contributed by atoms with Crippen LogP contribution >= 0.6 is 0 Å². The molecule has 1 unspecified atom stereocenters. The monoisotopic (exact) mass is 472 g/mol. The van der Waals surface area contributed by atoms with E-state index in [0.29, 0.717) is 48.3 Å².